The summed E-state index contributed by atoms with van der Waals surface area (Å²) in [4.78, 5) is 0.382. The number of aliphatic hydroxyl groups excluding tert-OH is 1. The second kappa shape index (κ2) is 5.32. The van der Waals surface area contributed by atoms with Crippen LogP contribution in [0.3, 0.4) is 0 Å². The van der Waals surface area contributed by atoms with E-state index in [4.69, 9.17) is 0 Å². The van der Waals surface area contributed by atoms with Crippen LogP contribution in [0.5, 0.6) is 0 Å². The lowest BCUT2D eigenvalue weighted by Gasteiger charge is -2.30. The maximum Gasteiger partial charge on any atom is 0.240 e. The number of fused-ring (bicyclic) bond motifs is 3. The Bertz CT molecular complexity index is 685. The highest BCUT2D eigenvalue weighted by atomic mass is 32.2. The Labute approximate surface area is 132 Å². The number of sulfonamides is 1. The van der Waals surface area contributed by atoms with Crippen LogP contribution in [0.15, 0.2) is 23.1 Å². The van der Waals surface area contributed by atoms with Crippen molar-refractivity contribution in [1.29, 1.82) is 0 Å². The maximum absolute atomic E-state index is 12.7. The molecule has 0 amide bonds. The summed E-state index contributed by atoms with van der Waals surface area (Å²) in [6, 6.07) is 5.43. The van der Waals surface area contributed by atoms with E-state index in [0.717, 1.165) is 38.5 Å². The largest absolute Gasteiger partial charge is 0.396 e. The Hall–Kier alpha value is -0.910. The van der Waals surface area contributed by atoms with E-state index in [0.29, 0.717) is 16.7 Å². The van der Waals surface area contributed by atoms with Gasteiger partial charge in [-0.3, -0.25) is 0 Å². The van der Waals surface area contributed by atoms with E-state index in [2.05, 4.69) is 4.72 Å². The Kier molecular flexibility index (Phi) is 3.55. The van der Waals surface area contributed by atoms with Crippen molar-refractivity contribution in [1.82, 2.24) is 4.72 Å². The van der Waals surface area contributed by atoms with Crippen molar-refractivity contribution in [3.05, 3.63) is 29.3 Å². The van der Waals surface area contributed by atoms with Crippen LogP contribution in [0.1, 0.15) is 36.8 Å². The van der Waals surface area contributed by atoms with Crippen LogP contribution in [0.2, 0.25) is 0 Å². The minimum absolute atomic E-state index is 0.0819. The first-order chi connectivity index (χ1) is 10.6. The predicted octanol–water partition coefficient (Wildman–Crippen LogP) is 1.86. The molecule has 0 aliphatic heterocycles. The normalized spacial score (nSPS) is 33.3. The Morgan fingerprint density at radius 1 is 1.14 bits per heavy atom. The quantitative estimate of drug-likeness (QED) is 0.889. The molecular formula is C17H23NO3S. The third kappa shape index (κ3) is 2.30. The van der Waals surface area contributed by atoms with Gasteiger partial charge < -0.3 is 5.11 Å². The molecule has 1 aromatic rings. The minimum atomic E-state index is -3.49. The number of rotatable bonds is 4. The molecule has 0 saturated heterocycles. The lowest BCUT2D eigenvalue weighted by atomic mass is 9.86. The molecule has 0 aromatic heterocycles. The number of benzene rings is 1. The second-order valence-electron chi connectivity index (χ2n) is 7.11. The number of aryl methyl sites for hydroxylation is 2. The Balaban J connectivity index is 1.59. The highest BCUT2D eigenvalue weighted by molar-refractivity contribution is 7.89. The van der Waals surface area contributed by atoms with Crippen LogP contribution < -0.4 is 4.72 Å². The first-order valence-electron chi connectivity index (χ1n) is 8.33. The summed E-state index contributed by atoms with van der Waals surface area (Å²) >= 11 is 0. The third-order valence-electron chi connectivity index (χ3n) is 5.97. The van der Waals surface area contributed by atoms with E-state index in [1.807, 2.05) is 12.1 Å². The van der Waals surface area contributed by atoms with Gasteiger partial charge in [0, 0.05) is 18.6 Å². The van der Waals surface area contributed by atoms with E-state index in [-0.39, 0.29) is 18.6 Å². The molecule has 2 bridgehead atoms. The molecular weight excluding hydrogens is 298 g/mol. The van der Waals surface area contributed by atoms with Crippen LogP contribution in [0, 0.1) is 17.8 Å². The smallest absolute Gasteiger partial charge is 0.240 e. The fourth-order valence-corrected chi connectivity index (χ4v) is 6.23. The summed E-state index contributed by atoms with van der Waals surface area (Å²) in [5.74, 6) is 0.969. The summed E-state index contributed by atoms with van der Waals surface area (Å²) in [6.45, 7) is 0.0819. The molecule has 0 heterocycles. The molecule has 2 fully saturated rings. The van der Waals surface area contributed by atoms with Gasteiger partial charge in [-0.25, -0.2) is 13.1 Å². The molecule has 3 aliphatic rings. The highest BCUT2D eigenvalue weighted by Gasteiger charge is 2.48. The zero-order valence-corrected chi connectivity index (χ0v) is 13.5. The number of hydrogen-bond acceptors (Lipinski definition) is 3. The molecule has 2 saturated carbocycles. The van der Waals surface area contributed by atoms with Crippen molar-refractivity contribution in [2.24, 2.45) is 17.8 Å². The van der Waals surface area contributed by atoms with Crippen LogP contribution in [-0.2, 0) is 22.9 Å². The van der Waals surface area contributed by atoms with Gasteiger partial charge in [0.25, 0.3) is 0 Å². The molecule has 1 aromatic carbocycles. The Morgan fingerprint density at radius 3 is 2.73 bits per heavy atom. The van der Waals surface area contributed by atoms with E-state index >= 15 is 0 Å². The summed E-state index contributed by atoms with van der Waals surface area (Å²) in [6.07, 6.45) is 6.42. The second-order valence-corrected chi connectivity index (χ2v) is 8.82. The molecule has 4 rings (SSSR count). The van der Waals surface area contributed by atoms with Gasteiger partial charge in [-0.2, -0.15) is 0 Å². The van der Waals surface area contributed by atoms with Crippen molar-refractivity contribution < 1.29 is 13.5 Å². The number of hydrogen-bond donors (Lipinski definition) is 2. The lowest BCUT2D eigenvalue weighted by Crippen LogP contribution is -2.45. The first kappa shape index (κ1) is 14.7. The zero-order valence-electron chi connectivity index (χ0n) is 12.7. The molecule has 2 N–H and O–H groups in total. The van der Waals surface area contributed by atoms with Gasteiger partial charge in [0.1, 0.15) is 0 Å². The van der Waals surface area contributed by atoms with Gasteiger partial charge in [-0.15, -0.1) is 0 Å². The molecule has 3 aliphatic carbocycles. The number of aliphatic hydroxyl groups is 1. The molecule has 120 valence electrons. The summed E-state index contributed by atoms with van der Waals surface area (Å²) < 4.78 is 28.4. The van der Waals surface area contributed by atoms with Gasteiger partial charge in [0.2, 0.25) is 10.0 Å². The fraction of sp³-hybridized carbons (Fsp3) is 0.647. The highest BCUT2D eigenvalue weighted by Crippen LogP contribution is 2.48. The van der Waals surface area contributed by atoms with E-state index in [1.54, 1.807) is 6.07 Å². The summed E-state index contributed by atoms with van der Waals surface area (Å²) in [5.41, 5.74) is 2.46. The van der Waals surface area contributed by atoms with Gasteiger partial charge in [-0.05, 0) is 73.6 Å². The standard InChI is InChI=1S/C17H23NO3S/c19-10-16-13-4-5-14(8-13)17(16)18-22(20,21)15-7-6-11-2-1-3-12(11)9-15/h6-7,9,13-14,16-19H,1-5,8,10H2. The third-order valence-corrected chi connectivity index (χ3v) is 7.43. The molecule has 0 radical (unpaired) electrons. The topological polar surface area (TPSA) is 66.4 Å². The lowest BCUT2D eigenvalue weighted by molar-refractivity contribution is 0.153. The van der Waals surface area contributed by atoms with Gasteiger partial charge in [0.15, 0.2) is 0 Å². The molecule has 4 atom stereocenters. The van der Waals surface area contributed by atoms with E-state index in [1.165, 1.54) is 11.1 Å². The average molecular weight is 321 g/mol. The fourth-order valence-electron chi connectivity index (χ4n) is 4.82. The van der Waals surface area contributed by atoms with Crippen molar-refractivity contribution in [3.63, 3.8) is 0 Å². The number of nitrogens with one attached hydrogen (secondary N) is 1. The maximum atomic E-state index is 12.7. The van der Waals surface area contributed by atoms with Crippen LogP contribution in [-0.4, -0.2) is 26.2 Å². The van der Waals surface area contributed by atoms with Crippen molar-refractivity contribution >= 4 is 10.0 Å². The van der Waals surface area contributed by atoms with Gasteiger partial charge >= 0.3 is 0 Å². The SMILES string of the molecule is O=S(=O)(NC1C2CCC(C2)C1CO)c1ccc2c(c1)CCC2. The minimum Gasteiger partial charge on any atom is -0.396 e. The summed E-state index contributed by atoms with van der Waals surface area (Å²) in [5, 5.41) is 9.62. The van der Waals surface area contributed by atoms with Crippen LogP contribution >= 0.6 is 0 Å². The molecule has 0 spiro atoms. The van der Waals surface area contributed by atoms with E-state index < -0.39 is 10.0 Å². The van der Waals surface area contributed by atoms with Crippen molar-refractivity contribution in [3.8, 4) is 0 Å². The van der Waals surface area contributed by atoms with Crippen molar-refractivity contribution in [2.45, 2.75) is 49.5 Å². The van der Waals surface area contributed by atoms with Crippen molar-refractivity contribution in [2.75, 3.05) is 6.61 Å². The van der Waals surface area contributed by atoms with Gasteiger partial charge in [-0.1, -0.05) is 6.07 Å². The van der Waals surface area contributed by atoms with Crippen LogP contribution in [0.4, 0.5) is 0 Å². The Morgan fingerprint density at radius 2 is 1.91 bits per heavy atom. The predicted molar refractivity (Wildman–Crippen MR) is 84.0 cm³/mol. The zero-order chi connectivity index (χ0) is 15.3. The molecule has 22 heavy (non-hydrogen) atoms. The van der Waals surface area contributed by atoms with Crippen LogP contribution in [0.25, 0.3) is 0 Å². The molecule has 4 unspecified atom stereocenters. The monoisotopic (exact) mass is 321 g/mol. The summed E-state index contributed by atoms with van der Waals surface area (Å²) in [7, 11) is -3.49. The first-order valence-corrected chi connectivity index (χ1v) is 9.82. The average Bonchev–Trinajstić information content (AvgIpc) is 3.21. The molecule has 4 nitrogen and oxygen atoms in total. The van der Waals surface area contributed by atoms with Gasteiger partial charge in [0.05, 0.1) is 4.90 Å². The van der Waals surface area contributed by atoms with E-state index in [9.17, 15) is 13.5 Å². The molecule has 5 heteroatoms.